The van der Waals surface area contributed by atoms with Crippen molar-refractivity contribution in [1.82, 2.24) is 4.98 Å². The number of nitrogens with zero attached hydrogens (tertiary/aromatic N) is 2. The number of aryl methyl sites for hydroxylation is 1. The van der Waals surface area contributed by atoms with Crippen LogP contribution in [0.25, 0.3) is 0 Å². The molecule has 0 radical (unpaired) electrons. The van der Waals surface area contributed by atoms with Gasteiger partial charge >= 0.3 is 0 Å². The molecular formula is C28H26ClN3O3S. The van der Waals surface area contributed by atoms with Gasteiger partial charge in [0, 0.05) is 23.1 Å². The van der Waals surface area contributed by atoms with Crippen LogP contribution in [0.2, 0.25) is 5.02 Å². The summed E-state index contributed by atoms with van der Waals surface area (Å²) in [5.74, 6) is -0.466. The summed E-state index contributed by atoms with van der Waals surface area (Å²) >= 11 is 6.29. The van der Waals surface area contributed by atoms with Gasteiger partial charge in [-0.1, -0.05) is 47.5 Å². The van der Waals surface area contributed by atoms with Gasteiger partial charge in [-0.15, -0.1) is 0 Å². The second kappa shape index (κ2) is 10.9. The Hall–Kier alpha value is -3.68. The first-order chi connectivity index (χ1) is 17.2. The van der Waals surface area contributed by atoms with Crippen LogP contribution in [0.1, 0.15) is 22.3 Å². The second-order valence-corrected chi connectivity index (χ2v) is 10.8. The SMILES string of the molecule is Cc1ccc(S(=O)(=O)N(CC(=O)Nc2ccc(Cc3ccncc3)cc2)c2cccc(Cl)c2C)cc1. The summed E-state index contributed by atoms with van der Waals surface area (Å²) in [4.78, 5) is 17.2. The minimum atomic E-state index is -4.03. The van der Waals surface area contributed by atoms with Crippen LogP contribution >= 0.6 is 11.6 Å². The first-order valence-corrected chi connectivity index (χ1v) is 13.2. The molecule has 0 unspecified atom stereocenters. The van der Waals surface area contributed by atoms with Crippen molar-refractivity contribution in [3.63, 3.8) is 0 Å². The molecule has 0 aliphatic rings. The number of hydrogen-bond donors (Lipinski definition) is 1. The first kappa shape index (κ1) is 25.4. The number of aromatic nitrogens is 1. The highest BCUT2D eigenvalue weighted by atomic mass is 35.5. The first-order valence-electron chi connectivity index (χ1n) is 11.4. The Labute approximate surface area is 216 Å². The molecule has 0 saturated heterocycles. The topological polar surface area (TPSA) is 79.4 Å². The van der Waals surface area contributed by atoms with E-state index >= 15 is 0 Å². The summed E-state index contributed by atoms with van der Waals surface area (Å²) in [7, 11) is -4.03. The normalized spacial score (nSPS) is 11.2. The molecule has 0 aliphatic carbocycles. The number of halogens is 1. The largest absolute Gasteiger partial charge is 0.325 e. The molecule has 0 atom stereocenters. The lowest BCUT2D eigenvalue weighted by molar-refractivity contribution is -0.114. The summed E-state index contributed by atoms with van der Waals surface area (Å²) in [6.45, 7) is 3.20. The molecule has 4 aromatic rings. The standard InChI is InChI=1S/C28H26ClN3O3S/c1-20-6-12-25(13-7-20)36(34,35)32(27-5-3-4-26(29)21(27)2)19-28(33)31-24-10-8-22(9-11-24)18-23-14-16-30-17-15-23/h3-17H,18-19H2,1-2H3,(H,31,33). The molecular weight excluding hydrogens is 494 g/mol. The van der Waals surface area contributed by atoms with E-state index in [0.717, 1.165) is 27.4 Å². The predicted octanol–water partition coefficient (Wildman–Crippen LogP) is 5.78. The smallest absolute Gasteiger partial charge is 0.264 e. The Morgan fingerprint density at radius 2 is 1.53 bits per heavy atom. The van der Waals surface area contributed by atoms with Crippen LogP contribution in [0.15, 0.2) is 96.2 Å². The highest BCUT2D eigenvalue weighted by Crippen LogP contribution is 2.31. The highest BCUT2D eigenvalue weighted by molar-refractivity contribution is 7.92. The number of pyridine rings is 1. The van der Waals surface area contributed by atoms with E-state index in [1.165, 1.54) is 12.1 Å². The minimum absolute atomic E-state index is 0.0979. The van der Waals surface area contributed by atoms with Gasteiger partial charge in [0.2, 0.25) is 5.91 Å². The van der Waals surface area contributed by atoms with Gasteiger partial charge in [-0.25, -0.2) is 8.42 Å². The van der Waals surface area contributed by atoms with Crippen molar-refractivity contribution in [3.05, 3.63) is 119 Å². The molecule has 8 heteroatoms. The van der Waals surface area contributed by atoms with Crippen LogP contribution in [0.4, 0.5) is 11.4 Å². The van der Waals surface area contributed by atoms with Crippen molar-refractivity contribution >= 4 is 38.9 Å². The summed E-state index contributed by atoms with van der Waals surface area (Å²) in [5.41, 5.74) is 4.65. The van der Waals surface area contributed by atoms with Gasteiger partial charge in [-0.05, 0) is 85.5 Å². The molecule has 1 heterocycles. The maximum absolute atomic E-state index is 13.6. The van der Waals surface area contributed by atoms with Crippen LogP contribution in [-0.4, -0.2) is 25.9 Å². The number of carbonyl (C=O) groups excluding carboxylic acids is 1. The third kappa shape index (κ3) is 5.93. The lowest BCUT2D eigenvalue weighted by Crippen LogP contribution is -2.38. The Bertz CT molecular complexity index is 1460. The van der Waals surface area contributed by atoms with E-state index in [9.17, 15) is 13.2 Å². The summed E-state index contributed by atoms with van der Waals surface area (Å²) in [6, 6.07) is 22.9. The van der Waals surface area contributed by atoms with Gasteiger partial charge in [-0.3, -0.25) is 14.1 Å². The van der Waals surface area contributed by atoms with E-state index in [1.54, 1.807) is 61.8 Å². The average Bonchev–Trinajstić information content (AvgIpc) is 2.86. The van der Waals surface area contributed by atoms with Crippen molar-refractivity contribution in [2.75, 3.05) is 16.2 Å². The maximum Gasteiger partial charge on any atom is 0.264 e. The second-order valence-electron chi connectivity index (χ2n) is 8.49. The number of benzene rings is 3. The van der Waals surface area contributed by atoms with E-state index in [2.05, 4.69) is 10.3 Å². The Kier molecular flexibility index (Phi) is 7.72. The predicted molar refractivity (Wildman–Crippen MR) is 144 cm³/mol. The molecule has 3 aromatic carbocycles. The van der Waals surface area contributed by atoms with Crippen molar-refractivity contribution in [1.29, 1.82) is 0 Å². The number of anilines is 2. The summed E-state index contributed by atoms with van der Waals surface area (Å²) in [6.07, 6.45) is 4.25. The Morgan fingerprint density at radius 1 is 0.889 bits per heavy atom. The molecule has 36 heavy (non-hydrogen) atoms. The minimum Gasteiger partial charge on any atom is -0.325 e. The van der Waals surface area contributed by atoms with Gasteiger partial charge in [0.1, 0.15) is 6.54 Å². The summed E-state index contributed by atoms with van der Waals surface area (Å²) in [5, 5.41) is 3.23. The van der Waals surface area contributed by atoms with E-state index in [0.29, 0.717) is 22.0 Å². The number of carbonyl (C=O) groups is 1. The zero-order valence-corrected chi connectivity index (χ0v) is 21.6. The third-order valence-corrected chi connectivity index (χ3v) is 7.98. The van der Waals surface area contributed by atoms with Crippen LogP contribution in [0, 0.1) is 13.8 Å². The van der Waals surface area contributed by atoms with E-state index in [4.69, 9.17) is 11.6 Å². The fourth-order valence-corrected chi connectivity index (χ4v) is 5.42. The molecule has 0 bridgehead atoms. The van der Waals surface area contributed by atoms with Crippen LogP contribution in [0.3, 0.4) is 0 Å². The Morgan fingerprint density at radius 3 is 2.19 bits per heavy atom. The van der Waals surface area contributed by atoms with Crippen molar-refractivity contribution in [2.45, 2.75) is 25.2 Å². The number of amides is 1. The van der Waals surface area contributed by atoms with Crippen LogP contribution in [0.5, 0.6) is 0 Å². The van der Waals surface area contributed by atoms with Crippen LogP contribution < -0.4 is 9.62 Å². The molecule has 4 rings (SSSR count). The zero-order chi connectivity index (χ0) is 25.7. The average molecular weight is 520 g/mol. The van der Waals surface area contributed by atoms with Crippen molar-refractivity contribution in [3.8, 4) is 0 Å². The molecule has 1 aromatic heterocycles. The lowest BCUT2D eigenvalue weighted by atomic mass is 10.1. The molecule has 6 nitrogen and oxygen atoms in total. The Balaban J connectivity index is 1.56. The molecule has 0 aliphatic heterocycles. The quantitative estimate of drug-likeness (QED) is 0.320. The van der Waals surface area contributed by atoms with E-state index in [1.807, 2.05) is 31.2 Å². The number of sulfonamides is 1. The summed E-state index contributed by atoms with van der Waals surface area (Å²) < 4.78 is 28.3. The molecule has 1 N–H and O–H groups in total. The molecule has 184 valence electrons. The van der Waals surface area contributed by atoms with Gasteiger partial charge < -0.3 is 5.32 Å². The molecule has 0 fully saturated rings. The third-order valence-electron chi connectivity index (χ3n) is 5.80. The number of rotatable bonds is 8. The van der Waals surface area contributed by atoms with Gasteiger partial charge in [0.15, 0.2) is 0 Å². The van der Waals surface area contributed by atoms with Crippen molar-refractivity contribution < 1.29 is 13.2 Å². The van der Waals surface area contributed by atoms with Gasteiger partial charge in [0.05, 0.1) is 10.6 Å². The maximum atomic E-state index is 13.6. The van der Waals surface area contributed by atoms with E-state index < -0.39 is 22.5 Å². The fourth-order valence-electron chi connectivity index (χ4n) is 3.78. The number of hydrogen-bond acceptors (Lipinski definition) is 4. The molecule has 0 saturated carbocycles. The molecule has 1 amide bonds. The highest BCUT2D eigenvalue weighted by Gasteiger charge is 2.28. The van der Waals surface area contributed by atoms with Crippen molar-refractivity contribution in [2.24, 2.45) is 0 Å². The van der Waals surface area contributed by atoms with Gasteiger partial charge in [0.25, 0.3) is 10.0 Å². The lowest BCUT2D eigenvalue weighted by Gasteiger charge is -2.26. The number of nitrogens with one attached hydrogen (secondary N) is 1. The van der Waals surface area contributed by atoms with Crippen LogP contribution in [-0.2, 0) is 21.2 Å². The van der Waals surface area contributed by atoms with E-state index in [-0.39, 0.29) is 4.90 Å². The fraction of sp³-hybridized carbons (Fsp3) is 0.143. The monoisotopic (exact) mass is 519 g/mol. The van der Waals surface area contributed by atoms with Gasteiger partial charge in [-0.2, -0.15) is 0 Å². The molecule has 0 spiro atoms. The zero-order valence-electron chi connectivity index (χ0n) is 20.0.